The molecule has 3 aromatic rings. The molecule has 0 saturated heterocycles. The predicted octanol–water partition coefficient (Wildman–Crippen LogP) is 8.16. The summed E-state index contributed by atoms with van der Waals surface area (Å²) in [5.41, 5.74) is 2.90. The van der Waals surface area contributed by atoms with E-state index in [1.54, 1.807) is 17.0 Å². The Labute approximate surface area is 323 Å². The van der Waals surface area contributed by atoms with Gasteiger partial charge in [0.05, 0.1) is 20.4 Å². The van der Waals surface area contributed by atoms with Gasteiger partial charge in [0.15, 0.2) is 0 Å². The Hall–Kier alpha value is -4.12. The maximum atomic E-state index is 12.3. The SMILES string of the molecule is CC1(C)C(/C=C/C=C2/N(c3cccc(S(=O)(=O)O)c3)c3ccc(S(=O)(=O)[O-])cc3C2(C)C)=CCCC(CCCCCCC(=O)O)c2ccc(S(=O)(=O)O)cc21. The average Bonchev–Trinajstić information content (AvgIpc) is 3.31. The van der Waals surface area contributed by atoms with Crippen molar-refractivity contribution in [3.63, 3.8) is 0 Å². The second-order valence-electron chi connectivity index (χ2n) is 15.1. The fraction of sp³-hybridized carbons (Fsp3) is 0.375. The minimum Gasteiger partial charge on any atom is -0.744 e. The van der Waals surface area contributed by atoms with Gasteiger partial charge in [0.1, 0.15) is 10.1 Å². The summed E-state index contributed by atoms with van der Waals surface area (Å²) >= 11 is 0. The molecule has 12 nitrogen and oxygen atoms in total. The molecule has 1 heterocycles. The first kappa shape index (κ1) is 42.0. The van der Waals surface area contributed by atoms with E-state index in [2.05, 4.69) is 6.08 Å². The summed E-state index contributed by atoms with van der Waals surface area (Å²) in [6.07, 6.45) is 13.2. The lowest BCUT2D eigenvalue weighted by Gasteiger charge is -2.35. The number of aliphatic carboxylic acids is 1. The zero-order valence-electron chi connectivity index (χ0n) is 31.1. The number of nitrogens with zero attached hydrogens (tertiary/aromatic N) is 1. The van der Waals surface area contributed by atoms with Crippen molar-refractivity contribution in [3.8, 4) is 0 Å². The van der Waals surface area contributed by atoms with Crippen LogP contribution in [0.4, 0.5) is 11.4 Å². The van der Waals surface area contributed by atoms with Crippen LogP contribution in [0.25, 0.3) is 0 Å². The third kappa shape index (κ3) is 9.30. The lowest BCUT2D eigenvalue weighted by Crippen LogP contribution is -2.25. The number of hydrogen-bond acceptors (Lipinski definition) is 9. The van der Waals surface area contributed by atoms with E-state index < -0.39 is 52.0 Å². The topological polar surface area (TPSA) is 206 Å². The monoisotopic (exact) mass is 812 g/mol. The molecule has 1 unspecified atom stereocenters. The van der Waals surface area contributed by atoms with Crippen LogP contribution in [0.1, 0.15) is 102 Å². The Kier molecular flexibility index (Phi) is 12.1. The molecule has 1 atom stereocenters. The van der Waals surface area contributed by atoms with Crippen molar-refractivity contribution in [2.24, 2.45) is 0 Å². The van der Waals surface area contributed by atoms with E-state index in [0.717, 1.165) is 48.8 Å². The minimum atomic E-state index is -4.80. The van der Waals surface area contributed by atoms with Crippen LogP contribution in [-0.4, -0.2) is 50.0 Å². The van der Waals surface area contributed by atoms with Crippen LogP contribution in [0, 0.1) is 0 Å². The molecule has 55 heavy (non-hydrogen) atoms. The van der Waals surface area contributed by atoms with Crippen LogP contribution in [-0.2, 0) is 46.0 Å². The quantitative estimate of drug-likeness (QED) is 0.110. The maximum absolute atomic E-state index is 12.3. The van der Waals surface area contributed by atoms with Crippen molar-refractivity contribution in [2.75, 3.05) is 4.90 Å². The van der Waals surface area contributed by atoms with E-state index in [0.29, 0.717) is 35.5 Å². The third-order valence-corrected chi connectivity index (χ3v) is 13.2. The molecule has 0 aromatic heterocycles. The standard InChI is InChI=1S/C40H47NO11S3/c1-39(2)28(14-9-13-27(12-7-5-6-8-19-38(42)43)33-22-20-31(25-34(33)39)54(47,48)49)15-10-18-37-40(3,4)35-26-32(55(50,51)52)21-23-36(35)41(37)29-16-11-17-30(24-29)53(44,45)46/h10-11,14-18,20-27H,5-9,12-13,19H2,1-4H3,(H,42,43)(H,44,45,46)(H,47,48,49)(H,50,51,52)/p-1/b15-10+,28-14?,37-18+. The average molecular weight is 813 g/mol. The van der Waals surface area contributed by atoms with E-state index in [4.69, 9.17) is 5.11 Å². The van der Waals surface area contributed by atoms with E-state index >= 15 is 0 Å². The molecule has 0 spiro atoms. The Morgan fingerprint density at radius 2 is 1.45 bits per heavy atom. The molecule has 0 bridgehead atoms. The lowest BCUT2D eigenvalue weighted by molar-refractivity contribution is -0.137. The molecule has 5 rings (SSSR count). The molecular weight excluding hydrogens is 767 g/mol. The van der Waals surface area contributed by atoms with Gasteiger partial charge in [-0.1, -0.05) is 77.3 Å². The Morgan fingerprint density at radius 3 is 2.11 bits per heavy atom. The fourth-order valence-corrected chi connectivity index (χ4v) is 9.22. The van der Waals surface area contributed by atoms with Gasteiger partial charge in [-0.2, -0.15) is 16.8 Å². The Morgan fingerprint density at radius 1 is 0.818 bits per heavy atom. The molecule has 3 aromatic carbocycles. The molecule has 2 aliphatic rings. The molecule has 0 amide bonds. The van der Waals surface area contributed by atoms with E-state index in [-0.39, 0.29) is 22.1 Å². The van der Waals surface area contributed by atoms with Gasteiger partial charge in [-0.3, -0.25) is 13.9 Å². The maximum Gasteiger partial charge on any atom is 0.303 e. The van der Waals surface area contributed by atoms with E-state index in [1.165, 1.54) is 48.5 Å². The summed E-state index contributed by atoms with van der Waals surface area (Å²) in [7, 11) is -13.9. The van der Waals surface area contributed by atoms with Crippen LogP contribution in [0.3, 0.4) is 0 Å². The molecule has 0 fully saturated rings. The van der Waals surface area contributed by atoms with Crippen molar-refractivity contribution in [1.29, 1.82) is 0 Å². The van der Waals surface area contributed by atoms with Crippen LogP contribution in [0.15, 0.2) is 111 Å². The Bertz CT molecular complexity index is 2410. The summed E-state index contributed by atoms with van der Waals surface area (Å²) < 4.78 is 105. The molecular formula is C40H46NO11S3-. The molecule has 0 radical (unpaired) electrons. The summed E-state index contributed by atoms with van der Waals surface area (Å²) in [5.74, 6) is -0.716. The highest BCUT2D eigenvalue weighted by Gasteiger charge is 2.41. The highest BCUT2D eigenvalue weighted by molar-refractivity contribution is 7.86. The van der Waals surface area contributed by atoms with Crippen molar-refractivity contribution in [1.82, 2.24) is 0 Å². The number of hydrogen-bond donors (Lipinski definition) is 3. The first-order valence-electron chi connectivity index (χ1n) is 17.9. The summed E-state index contributed by atoms with van der Waals surface area (Å²) in [5, 5.41) is 8.96. The number of rotatable bonds is 13. The van der Waals surface area contributed by atoms with Crippen molar-refractivity contribution < 1.29 is 48.8 Å². The molecule has 1 aliphatic heterocycles. The van der Waals surface area contributed by atoms with Gasteiger partial charge in [0, 0.05) is 28.6 Å². The van der Waals surface area contributed by atoms with Gasteiger partial charge in [-0.25, -0.2) is 8.42 Å². The van der Waals surface area contributed by atoms with E-state index in [1.807, 2.05) is 45.9 Å². The number of carboxylic acids is 1. The second kappa shape index (κ2) is 15.8. The Balaban J connectivity index is 1.56. The smallest absolute Gasteiger partial charge is 0.303 e. The first-order chi connectivity index (χ1) is 25.5. The number of unbranched alkanes of at least 4 members (excludes halogenated alkanes) is 3. The first-order valence-corrected chi connectivity index (χ1v) is 22.2. The zero-order valence-corrected chi connectivity index (χ0v) is 33.5. The lowest BCUT2D eigenvalue weighted by atomic mass is 9.70. The minimum absolute atomic E-state index is 0.0979. The molecule has 296 valence electrons. The van der Waals surface area contributed by atoms with Crippen LogP contribution in [0.2, 0.25) is 0 Å². The van der Waals surface area contributed by atoms with Gasteiger partial charge in [-0.05, 0) is 108 Å². The van der Waals surface area contributed by atoms with Crippen molar-refractivity contribution >= 4 is 47.7 Å². The van der Waals surface area contributed by atoms with Gasteiger partial charge in [0.2, 0.25) is 0 Å². The van der Waals surface area contributed by atoms with Crippen molar-refractivity contribution in [2.45, 2.75) is 110 Å². The third-order valence-electron chi connectivity index (χ3n) is 10.7. The van der Waals surface area contributed by atoms with Gasteiger partial charge in [-0.15, -0.1) is 0 Å². The largest absolute Gasteiger partial charge is 0.744 e. The van der Waals surface area contributed by atoms with E-state index in [9.17, 15) is 43.7 Å². The zero-order chi connectivity index (χ0) is 40.6. The molecule has 0 saturated carbocycles. The molecule has 1 aliphatic carbocycles. The summed E-state index contributed by atoms with van der Waals surface area (Å²) in [6, 6.07) is 14.4. The van der Waals surface area contributed by atoms with Crippen LogP contribution < -0.4 is 4.90 Å². The molecule has 3 N–H and O–H groups in total. The number of carbonyl (C=O) groups is 1. The number of benzene rings is 3. The number of fused-ring (bicyclic) bond motifs is 2. The second-order valence-corrected chi connectivity index (χ2v) is 19.3. The van der Waals surface area contributed by atoms with Crippen LogP contribution in [0.5, 0.6) is 0 Å². The highest BCUT2D eigenvalue weighted by Crippen LogP contribution is 2.52. The fourth-order valence-electron chi connectivity index (χ4n) is 7.70. The normalized spacial score (nSPS) is 19.1. The number of anilines is 2. The van der Waals surface area contributed by atoms with Gasteiger partial charge < -0.3 is 14.6 Å². The van der Waals surface area contributed by atoms with Gasteiger partial charge >= 0.3 is 5.97 Å². The molecule has 15 heteroatoms. The van der Waals surface area contributed by atoms with Crippen molar-refractivity contribution in [3.05, 3.63) is 113 Å². The summed E-state index contributed by atoms with van der Waals surface area (Å²) in [6.45, 7) is 7.64. The summed E-state index contributed by atoms with van der Waals surface area (Å²) in [4.78, 5) is 11.7. The number of allylic oxidation sites excluding steroid dienone is 6. The predicted molar refractivity (Wildman–Crippen MR) is 208 cm³/mol. The van der Waals surface area contributed by atoms with Crippen LogP contribution >= 0.6 is 0 Å². The van der Waals surface area contributed by atoms with Gasteiger partial charge in [0.25, 0.3) is 20.2 Å². The highest BCUT2D eigenvalue weighted by atomic mass is 32.2. The number of carboxylic acid groups (broad SMARTS) is 1.